The number of fused-ring (bicyclic) bond motifs is 1. The van der Waals surface area contributed by atoms with Gasteiger partial charge in [0.2, 0.25) is 0 Å². The van der Waals surface area contributed by atoms with Crippen molar-refractivity contribution in [3.63, 3.8) is 0 Å². The molecule has 2 nitrogen and oxygen atoms in total. The molecule has 0 amide bonds. The van der Waals surface area contributed by atoms with Crippen LogP contribution >= 0.6 is 11.3 Å². The van der Waals surface area contributed by atoms with Gasteiger partial charge in [-0.05, 0) is 0 Å². The van der Waals surface area contributed by atoms with E-state index in [1.54, 1.807) is 3.71 Å². The van der Waals surface area contributed by atoms with E-state index in [1.165, 1.54) is 62.1 Å². The molecule has 0 saturated carbocycles. The van der Waals surface area contributed by atoms with Gasteiger partial charge in [0, 0.05) is 0 Å². The molecule has 0 aliphatic heterocycles. The minimum absolute atomic E-state index is 1.33. The summed E-state index contributed by atoms with van der Waals surface area (Å²) in [5.41, 5.74) is 1.37. The Morgan fingerprint density at radius 2 is 1.55 bits per heavy atom. The summed E-state index contributed by atoms with van der Waals surface area (Å²) in [6.45, 7) is 7.03. The third kappa shape index (κ3) is 3.89. The molecule has 0 fully saturated rings. The number of hydrogen-bond acceptors (Lipinski definition) is 2. The van der Waals surface area contributed by atoms with Crippen LogP contribution in [0.25, 0.3) is 10.2 Å². The zero-order chi connectivity index (χ0) is 16.0. The quantitative estimate of drug-likeness (QED) is 0.446. The molecule has 0 spiro atoms. The van der Waals surface area contributed by atoms with Crippen molar-refractivity contribution in [3.05, 3.63) is 11.4 Å². The first-order valence-corrected chi connectivity index (χ1v) is 17.4. The summed E-state index contributed by atoms with van der Waals surface area (Å²) in [6.07, 6.45) is 8.22. The van der Waals surface area contributed by atoms with Crippen LogP contribution in [0.15, 0.2) is 11.4 Å². The number of thiophene rings is 1. The third-order valence-electron chi connectivity index (χ3n) is 4.99. The molecule has 0 aromatic carbocycles. The second-order valence-corrected chi connectivity index (χ2v) is 20.6. The van der Waals surface area contributed by atoms with E-state index in [9.17, 15) is 0 Å². The van der Waals surface area contributed by atoms with Crippen molar-refractivity contribution in [1.82, 2.24) is 9.78 Å². The van der Waals surface area contributed by atoms with Gasteiger partial charge in [0.15, 0.2) is 0 Å². The summed E-state index contributed by atoms with van der Waals surface area (Å²) < 4.78 is 9.81. The van der Waals surface area contributed by atoms with Crippen molar-refractivity contribution in [3.8, 4) is 0 Å². The number of aryl methyl sites for hydroxylation is 1. The Kier molecular flexibility index (Phi) is 7.26. The van der Waals surface area contributed by atoms with Crippen LogP contribution in [0.2, 0.25) is 13.3 Å². The van der Waals surface area contributed by atoms with Gasteiger partial charge in [0.05, 0.1) is 0 Å². The van der Waals surface area contributed by atoms with E-state index in [2.05, 4.69) is 43.9 Å². The van der Waals surface area contributed by atoms with Gasteiger partial charge in [-0.15, -0.1) is 0 Å². The molecule has 0 aliphatic carbocycles. The Bertz CT molecular complexity index is 551. The van der Waals surface area contributed by atoms with E-state index in [-0.39, 0.29) is 0 Å². The molecule has 0 bridgehead atoms. The first kappa shape index (κ1) is 18.3. The van der Waals surface area contributed by atoms with E-state index < -0.39 is 18.4 Å². The molecule has 0 atom stereocenters. The number of aromatic nitrogens is 2. The standard InChI is InChI=1S/C6H5N2S.3C4H9.Sn/c1-8-5-2-3-9-6(5)4-7-8;3*1-3-4-2;/h2-3H,1H3;3*1,3-4H2,2H3;. The van der Waals surface area contributed by atoms with Gasteiger partial charge in [-0.1, -0.05) is 0 Å². The van der Waals surface area contributed by atoms with Crippen LogP contribution < -0.4 is 3.71 Å². The number of hydrogen-bond donors (Lipinski definition) is 0. The molecule has 0 unspecified atom stereocenters. The summed E-state index contributed by atoms with van der Waals surface area (Å²) in [7, 11) is 2.13. The number of nitrogens with zero attached hydrogens (tertiary/aromatic N) is 2. The van der Waals surface area contributed by atoms with Crippen molar-refractivity contribution < 1.29 is 0 Å². The maximum atomic E-state index is 5.10. The fourth-order valence-corrected chi connectivity index (χ4v) is 22.1. The molecule has 2 aromatic heterocycles. The predicted octanol–water partition coefficient (Wildman–Crippen LogP) is 5.69. The zero-order valence-electron chi connectivity index (χ0n) is 14.8. The molecule has 22 heavy (non-hydrogen) atoms. The monoisotopic (exact) mass is 428 g/mol. The van der Waals surface area contributed by atoms with Crippen LogP contribution in [0.4, 0.5) is 0 Å². The van der Waals surface area contributed by atoms with Gasteiger partial charge >= 0.3 is 145 Å². The van der Waals surface area contributed by atoms with Crippen LogP contribution in [-0.4, -0.2) is 28.2 Å². The van der Waals surface area contributed by atoms with E-state index >= 15 is 0 Å². The Morgan fingerprint density at radius 3 is 2.05 bits per heavy atom. The van der Waals surface area contributed by atoms with E-state index in [4.69, 9.17) is 5.10 Å². The Hall–Kier alpha value is -0.0313. The normalized spacial score (nSPS) is 12.4. The Labute approximate surface area is 144 Å². The number of rotatable bonds is 10. The fourth-order valence-electron chi connectivity index (χ4n) is 3.61. The van der Waals surface area contributed by atoms with Gasteiger partial charge in [-0.25, -0.2) is 0 Å². The second kappa shape index (κ2) is 8.72. The summed E-state index contributed by atoms with van der Waals surface area (Å²) in [5, 5.41) is 7.36. The summed E-state index contributed by atoms with van der Waals surface area (Å²) in [4.78, 5) is 0. The molecular formula is C18H32N2SSn. The first-order valence-electron chi connectivity index (χ1n) is 9.09. The minimum atomic E-state index is -2.37. The Balaban J connectivity index is 2.45. The van der Waals surface area contributed by atoms with E-state index in [0.717, 1.165) is 0 Å². The Morgan fingerprint density at radius 1 is 1.00 bits per heavy atom. The molecule has 0 saturated heterocycles. The van der Waals surface area contributed by atoms with Crippen molar-refractivity contribution in [2.24, 2.45) is 7.05 Å². The molecule has 124 valence electrons. The van der Waals surface area contributed by atoms with Crippen molar-refractivity contribution in [2.75, 3.05) is 0 Å². The molecule has 0 N–H and O–H groups in total. The summed E-state index contributed by atoms with van der Waals surface area (Å²) in [5.74, 6) is 0. The summed E-state index contributed by atoms with van der Waals surface area (Å²) in [6, 6.07) is 2.26. The SMILES string of the molecule is CCC[CH2][Sn]([CH2]CCC)([CH2]CCC)[c]1nn(C)c2ccsc12. The van der Waals surface area contributed by atoms with Crippen LogP contribution in [0.1, 0.15) is 59.3 Å². The third-order valence-corrected chi connectivity index (χ3v) is 21.5. The molecule has 0 radical (unpaired) electrons. The van der Waals surface area contributed by atoms with Gasteiger partial charge in [-0.3, -0.25) is 0 Å². The second-order valence-electron chi connectivity index (χ2n) is 6.70. The van der Waals surface area contributed by atoms with Crippen LogP contribution in [0, 0.1) is 0 Å². The van der Waals surface area contributed by atoms with Gasteiger partial charge in [-0.2, -0.15) is 0 Å². The first-order chi connectivity index (χ1) is 10.7. The number of unbranched alkanes of at least 4 members (excludes halogenated alkanes) is 3. The van der Waals surface area contributed by atoms with Crippen molar-refractivity contribution in [1.29, 1.82) is 0 Å². The fraction of sp³-hybridized carbons (Fsp3) is 0.722. The van der Waals surface area contributed by atoms with Gasteiger partial charge in [0.25, 0.3) is 0 Å². The molecule has 2 heterocycles. The summed E-state index contributed by atoms with van der Waals surface area (Å²) >= 11 is -0.434. The molecule has 4 heteroatoms. The predicted molar refractivity (Wildman–Crippen MR) is 103 cm³/mol. The van der Waals surface area contributed by atoms with Crippen LogP contribution in [-0.2, 0) is 7.05 Å². The van der Waals surface area contributed by atoms with Crippen molar-refractivity contribution >= 4 is 43.6 Å². The average Bonchev–Trinajstić information content (AvgIpc) is 3.12. The molecule has 2 rings (SSSR count). The van der Waals surface area contributed by atoms with Crippen LogP contribution in [0.5, 0.6) is 0 Å². The topological polar surface area (TPSA) is 17.8 Å². The molecule has 0 aliphatic rings. The zero-order valence-corrected chi connectivity index (χ0v) is 18.5. The van der Waals surface area contributed by atoms with Crippen LogP contribution in [0.3, 0.4) is 0 Å². The van der Waals surface area contributed by atoms with E-state index in [1.807, 2.05) is 11.3 Å². The van der Waals surface area contributed by atoms with Crippen molar-refractivity contribution in [2.45, 2.75) is 72.6 Å². The molecule has 2 aromatic rings. The van der Waals surface area contributed by atoms with Gasteiger partial charge < -0.3 is 0 Å². The average molecular weight is 427 g/mol. The van der Waals surface area contributed by atoms with E-state index in [0.29, 0.717) is 0 Å². The molecular weight excluding hydrogens is 395 g/mol. The maximum absolute atomic E-state index is 5.10. The van der Waals surface area contributed by atoms with Gasteiger partial charge in [0.1, 0.15) is 0 Å².